The number of nitrogens with zero attached hydrogens (tertiary/aromatic N) is 1. The number of aliphatic carboxylic acids is 1. The summed E-state index contributed by atoms with van der Waals surface area (Å²) in [6.45, 7) is 3.82. The number of aryl methyl sites for hydroxylation is 1. The minimum atomic E-state index is -5.05. The van der Waals surface area contributed by atoms with Gasteiger partial charge in [0.05, 0.1) is 0 Å². The van der Waals surface area contributed by atoms with E-state index in [1.807, 2.05) is 55.8 Å². The standard InChI is InChI=1S/C29H26F3N2O4.Li/c1-17(20-9-5-4-6-10-20)33-27(35)21-12-13-23-24(18(2)34(3)25(23)16-21)15-19-8-7-11-22(14-19)38-26(28(36)37)29(30,31)32;/h4-5,7-14,16-17,26H,15H2,1-3H3,(H,33,35)(H,36,37);/q-1;+1/t17-,26?;/m0./s1. The van der Waals surface area contributed by atoms with Crippen LogP contribution < -0.4 is 28.9 Å². The average molecular weight is 530 g/mol. The van der Waals surface area contributed by atoms with Gasteiger partial charge in [-0.25, -0.2) is 4.79 Å². The van der Waals surface area contributed by atoms with Crippen molar-refractivity contribution in [2.75, 3.05) is 0 Å². The van der Waals surface area contributed by atoms with Gasteiger partial charge in [-0.3, -0.25) is 4.79 Å². The van der Waals surface area contributed by atoms with Crippen molar-refractivity contribution in [1.82, 2.24) is 9.88 Å². The van der Waals surface area contributed by atoms with E-state index < -0.39 is 18.2 Å². The summed E-state index contributed by atoms with van der Waals surface area (Å²) in [5.74, 6) is -2.51. The molecule has 198 valence electrons. The first-order chi connectivity index (χ1) is 18.0. The molecule has 3 aromatic carbocycles. The molecule has 6 nitrogen and oxygen atoms in total. The van der Waals surface area contributed by atoms with E-state index in [1.54, 1.807) is 18.2 Å². The molecular weight excluding hydrogens is 504 g/mol. The van der Waals surface area contributed by atoms with Crippen molar-refractivity contribution in [1.29, 1.82) is 0 Å². The number of alkyl halides is 3. The molecule has 0 aliphatic carbocycles. The van der Waals surface area contributed by atoms with E-state index in [0.717, 1.165) is 27.7 Å². The number of benzene rings is 3. The molecule has 0 fully saturated rings. The van der Waals surface area contributed by atoms with Crippen LogP contribution in [0.4, 0.5) is 13.2 Å². The normalized spacial score (nSPS) is 12.9. The van der Waals surface area contributed by atoms with E-state index in [1.165, 1.54) is 18.2 Å². The maximum Gasteiger partial charge on any atom is 1.00 e. The van der Waals surface area contributed by atoms with Gasteiger partial charge in [0.1, 0.15) is 5.75 Å². The monoisotopic (exact) mass is 530 g/mol. The van der Waals surface area contributed by atoms with Crippen molar-refractivity contribution in [3.05, 3.63) is 101 Å². The number of amides is 1. The van der Waals surface area contributed by atoms with Crippen molar-refractivity contribution in [2.24, 2.45) is 7.05 Å². The summed E-state index contributed by atoms with van der Waals surface area (Å²) in [4.78, 5) is 24.0. The summed E-state index contributed by atoms with van der Waals surface area (Å²) in [6, 6.07) is 21.6. The molecule has 0 aliphatic rings. The van der Waals surface area contributed by atoms with E-state index >= 15 is 0 Å². The summed E-state index contributed by atoms with van der Waals surface area (Å²) in [5.41, 5.74) is 4.79. The van der Waals surface area contributed by atoms with Gasteiger partial charge in [-0.2, -0.15) is 43.5 Å². The van der Waals surface area contributed by atoms with Crippen LogP contribution in [0.5, 0.6) is 5.75 Å². The second-order valence-corrected chi connectivity index (χ2v) is 9.09. The fourth-order valence-electron chi connectivity index (χ4n) is 4.37. The molecule has 2 N–H and O–H groups in total. The summed E-state index contributed by atoms with van der Waals surface area (Å²) in [5, 5.41) is 12.8. The molecule has 0 radical (unpaired) electrons. The van der Waals surface area contributed by atoms with Gasteiger partial charge in [0, 0.05) is 35.2 Å². The van der Waals surface area contributed by atoms with Crippen molar-refractivity contribution in [3.63, 3.8) is 0 Å². The number of carboxylic acid groups (broad SMARTS) is 1. The maximum atomic E-state index is 13.0. The Bertz CT molecular complexity index is 1490. The third kappa shape index (κ3) is 6.67. The second kappa shape index (κ2) is 12.0. The van der Waals surface area contributed by atoms with Gasteiger partial charge in [0.15, 0.2) is 0 Å². The zero-order chi connectivity index (χ0) is 27.6. The van der Waals surface area contributed by atoms with Crippen molar-refractivity contribution in [2.45, 2.75) is 38.6 Å². The first-order valence-corrected chi connectivity index (χ1v) is 11.9. The Labute approximate surface area is 236 Å². The van der Waals surface area contributed by atoms with Gasteiger partial charge in [0.25, 0.3) is 12.0 Å². The summed E-state index contributed by atoms with van der Waals surface area (Å²) in [7, 11) is 1.88. The summed E-state index contributed by atoms with van der Waals surface area (Å²) >= 11 is 0. The third-order valence-electron chi connectivity index (χ3n) is 6.52. The van der Waals surface area contributed by atoms with Crippen LogP contribution in [0.15, 0.2) is 66.7 Å². The summed E-state index contributed by atoms with van der Waals surface area (Å²) in [6.07, 6.45) is -7.63. The molecule has 1 heterocycles. The van der Waals surface area contributed by atoms with E-state index in [9.17, 15) is 22.8 Å². The summed E-state index contributed by atoms with van der Waals surface area (Å²) < 4.78 is 45.9. The largest absolute Gasteiger partial charge is 1.00 e. The van der Waals surface area contributed by atoms with Gasteiger partial charge in [-0.15, -0.1) is 5.56 Å². The molecule has 1 amide bonds. The smallest absolute Gasteiger partial charge is 0.478 e. The molecule has 1 aromatic heterocycles. The number of fused-ring (bicyclic) bond motifs is 1. The van der Waals surface area contributed by atoms with Gasteiger partial charge in [0.2, 0.25) is 0 Å². The Morgan fingerprint density at radius 1 is 1.13 bits per heavy atom. The molecule has 4 rings (SSSR count). The molecule has 1 unspecified atom stereocenters. The predicted molar refractivity (Wildman–Crippen MR) is 136 cm³/mol. The first kappa shape index (κ1) is 29.9. The van der Waals surface area contributed by atoms with Crippen molar-refractivity contribution in [3.8, 4) is 5.75 Å². The Balaban J connectivity index is 0.00000420. The molecule has 0 spiro atoms. The van der Waals surface area contributed by atoms with Crippen LogP contribution in [0, 0.1) is 13.0 Å². The number of rotatable bonds is 8. The number of carboxylic acids is 1. The molecule has 2 atom stereocenters. The first-order valence-electron chi connectivity index (χ1n) is 11.9. The van der Waals surface area contributed by atoms with Crippen molar-refractivity contribution >= 4 is 22.8 Å². The number of aromatic nitrogens is 1. The number of hydrogen-bond donors (Lipinski definition) is 2. The van der Waals surface area contributed by atoms with E-state index in [2.05, 4.69) is 11.4 Å². The fraction of sp³-hybridized carbons (Fsp3) is 0.241. The molecule has 10 heteroatoms. The van der Waals surface area contributed by atoms with Gasteiger partial charge >= 0.3 is 31.0 Å². The van der Waals surface area contributed by atoms with Crippen LogP contribution in [0.1, 0.15) is 45.7 Å². The van der Waals surface area contributed by atoms with Crippen molar-refractivity contribution < 1.29 is 51.5 Å². The van der Waals surface area contributed by atoms with E-state index in [4.69, 9.17) is 9.84 Å². The zero-order valence-corrected chi connectivity index (χ0v) is 22.0. The average Bonchev–Trinajstić information content (AvgIpc) is 3.11. The quantitative estimate of drug-likeness (QED) is 0.271. The number of hydrogen-bond acceptors (Lipinski definition) is 3. The molecule has 0 aliphatic heterocycles. The Morgan fingerprint density at radius 3 is 2.51 bits per heavy atom. The van der Waals surface area contributed by atoms with Crippen LogP contribution in [0.25, 0.3) is 10.9 Å². The molecule has 0 saturated carbocycles. The van der Waals surface area contributed by atoms with Gasteiger partial charge < -0.3 is 19.7 Å². The molecule has 0 saturated heterocycles. The van der Waals surface area contributed by atoms with Gasteiger partial charge in [-0.1, -0.05) is 25.1 Å². The number of ether oxygens (including phenoxy) is 1. The topological polar surface area (TPSA) is 80.6 Å². The van der Waals surface area contributed by atoms with Crippen LogP contribution in [-0.2, 0) is 18.3 Å². The van der Waals surface area contributed by atoms with Crippen LogP contribution >= 0.6 is 0 Å². The Hall–Kier alpha value is -3.67. The number of carbonyl (C=O) groups excluding carboxylic acids is 1. The number of carbonyl (C=O) groups is 2. The molecule has 0 bridgehead atoms. The second-order valence-electron chi connectivity index (χ2n) is 9.09. The van der Waals surface area contributed by atoms with Gasteiger partial charge in [-0.05, 0) is 48.7 Å². The van der Waals surface area contributed by atoms with Crippen LogP contribution in [-0.4, -0.2) is 33.8 Å². The third-order valence-corrected chi connectivity index (χ3v) is 6.52. The SMILES string of the molecule is Cc1c(Cc2cccc(OC(C(=O)O)C(F)(F)F)c2)c2ccc(C(=O)N[C@@H](C)c3c[c-]ccc3)cc2n1C.[Li+]. The van der Waals surface area contributed by atoms with Crippen LogP contribution in [0.3, 0.4) is 0 Å². The number of halogens is 3. The minimum Gasteiger partial charge on any atom is -0.478 e. The minimum absolute atomic E-state index is 0. The Kier molecular flexibility index (Phi) is 9.21. The maximum absolute atomic E-state index is 13.0. The number of nitrogens with one attached hydrogen (secondary N) is 1. The predicted octanol–water partition coefficient (Wildman–Crippen LogP) is 2.77. The van der Waals surface area contributed by atoms with E-state index in [0.29, 0.717) is 17.5 Å². The zero-order valence-electron chi connectivity index (χ0n) is 22.0. The fourth-order valence-corrected chi connectivity index (χ4v) is 4.37. The van der Waals surface area contributed by atoms with Crippen LogP contribution in [0.2, 0.25) is 0 Å². The Morgan fingerprint density at radius 2 is 1.87 bits per heavy atom. The molecule has 4 aromatic rings. The molecular formula is C29H26F3LiN2O4. The van der Waals surface area contributed by atoms with E-state index in [-0.39, 0.29) is 36.6 Å². The molecule has 39 heavy (non-hydrogen) atoms.